The minimum atomic E-state index is -0.229. The number of anilines is 1. The van der Waals surface area contributed by atoms with Crippen molar-refractivity contribution in [1.82, 2.24) is 10.2 Å². The number of likely N-dealkylation sites (tertiary alicyclic amines) is 1. The van der Waals surface area contributed by atoms with Gasteiger partial charge >= 0.3 is 6.03 Å². The summed E-state index contributed by atoms with van der Waals surface area (Å²) in [6.07, 6.45) is 4.76. The molecule has 4 rings (SSSR count). The highest BCUT2D eigenvalue weighted by Crippen LogP contribution is 2.41. The summed E-state index contributed by atoms with van der Waals surface area (Å²) < 4.78 is 0. The first kappa shape index (κ1) is 18.5. The van der Waals surface area contributed by atoms with Crippen LogP contribution in [0.5, 0.6) is 0 Å². The highest BCUT2D eigenvalue weighted by atomic mass is 16.2. The Hall–Kier alpha value is -2.82. The number of benzene rings is 2. The lowest BCUT2D eigenvalue weighted by Gasteiger charge is -2.44. The van der Waals surface area contributed by atoms with Crippen LogP contribution in [0, 0.1) is 5.92 Å². The molecule has 0 aromatic heterocycles. The van der Waals surface area contributed by atoms with E-state index in [1.54, 1.807) is 4.90 Å². The molecule has 0 radical (unpaired) electrons. The molecule has 5 nitrogen and oxygen atoms in total. The van der Waals surface area contributed by atoms with Crippen molar-refractivity contribution in [1.29, 1.82) is 0 Å². The Morgan fingerprint density at radius 2 is 1.61 bits per heavy atom. The number of hydrogen-bond acceptors (Lipinski definition) is 2. The number of nitrogens with one attached hydrogen (secondary N) is 2. The normalized spacial score (nSPS) is 20.7. The van der Waals surface area contributed by atoms with Gasteiger partial charge in [0.1, 0.15) is 0 Å². The fourth-order valence-electron chi connectivity index (χ4n) is 4.21. The summed E-state index contributed by atoms with van der Waals surface area (Å²) in [4.78, 5) is 27.4. The fraction of sp³-hybridized carbons (Fsp3) is 0.391. The monoisotopic (exact) mass is 377 g/mol. The average Bonchev–Trinajstić information content (AvgIpc) is 2.72. The molecule has 1 aliphatic heterocycles. The van der Waals surface area contributed by atoms with Crippen molar-refractivity contribution in [2.24, 2.45) is 5.92 Å². The summed E-state index contributed by atoms with van der Waals surface area (Å²) >= 11 is 0. The summed E-state index contributed by atoms with van der Waals surface area (Å²) in [6, 6.07) is 19.5. The Labute approximate surface area is 166 Å². The molecule has 1 atom stereocenters. The molecular formula is C23H27N3O2. The van der Waals surface area contributed by atoms with Crippen molar-refractivity contribution in [2.45, 2.75) is 37.6 Å². The molecule has 146 valence electrons. The molecule has 1 unspecified atom stereocenters. The molecule has 2 N–H and O–H groups in total. The second-order valence-electron chi connectivity index (χ2n) is 7.87. The van der Waals surface area contributed by atoms with Gasteiger partial charge in [0.2, 0.25) is 5.91 Å². The number of carbonyl (C=O) groups excluding carboxylic acids is 2. The van der Waals surface area contributed by atoms with Crippen molar-refractivity contribution in [2.75, 3.05) is 18.4 Å². The molecule has 1 saturated carbocycles. The van der Waals surface area contributed by atoms with E-state index < -0.39 is 0 Å². The molecule has 2 aliphatic rings. The SMILES string of the molecule is O=C(NC1(c2ccccc2)CCC1)C1CCCN(C(=O)Nc2ccccc2)C1. The lowest BCUT2D eigenvalue weighted by molar-refractivity contribution is -0.129. The van der Waals surface area contributed by atoms with Crippen LogP contribution in [0.25, 0.3) is 0 Å². The predicted molar refractivity (Wildman–Crippen MR) is 110 cm³/mol. The Kier molecular flexibility index (Phi) is 5.33. The van der Waals surface area contributed by atoms with Crippen molar-refractivity contribution in [3.05, 3.63) is 66.2 Å². The molecule has 1 heterocycles. The Morgan fingerprint density at radius 1 is 0.929 bits per heavy atom. The maximum Gasteiger partial charge on any atom is 0.321 e. The zero-order valence-corrected chi connectivity index (χ0v) is 16.1. The van der Waals surface area contributed by atoms with E-state index in [9.17, 15) is 9.59 Å². The van der Waals surface area contributed by atoms with Gasteiger partial charge in [0.25, 0.3) is 0 Å². The first-order valence-corrected chi connectivity index (χ1v) is 10.1. The Morgan fingerprint density at radius 3 is 2.25 bits per heavy atom. The van der Waals surface area contributed by atoms with Crippen LogP contribution in [0.1, 0.15) is 37.7 Å². The number of rotatable bonds is 4. The van der Waals surface area contributed by atoms with Gasteiger partial charge in [-0.15, -0.1) is 0 Å². The molecule has 2 aromatic carbocycles. The van der Waals surface area contributed by atoms with Gasteiger partial charge < -0.3 is 15.5 Å². The average molecular weight is 377 g/mol. The van der Waals surface area contributed by atoms with Gasteiger partial charge in [0, 0.05) is 18.8 Å². The summed E-state index contributed by atoms with van der Waals surface area (Å²) in [6.45, 7) is 1.15. The van der Waals surface area contributed by atoms with Crippen molar-refractivity contribution < 1.29 is 9.59 Å². The van der Waals surface area contributed by atoms with Gasteiger partial charge in [-0.05, 0) is 49.8 Å². The van der Waals surface area contributed by atoms with Gasteiger partial charge in [-0.1, -0.05) is 48.5 Å². The first-order chi connectivity index (χ1) is 13.7. The van der Waals surface area contributed by atoms with Crippen molar-refractivity contribution in [3.8, 4) is 0 Å². The van der Waals surface area contributed by atoms with Crippen LogP contribution in [-0.4, -0.2) is 29.9 Å². The van der Waals surface area contributed by atoms with Crippen LogP contribution in [0.2, 0.25) is 0 Å². The van der Waals surface area contributed by atoms with Crippen LogP contribution >= 0.6 is 0 Å². The topological polar surface area (TPSA) is 61.4 Å². The Bertz CT molecular complexity index is 818. The summed E-state index contributed by atoms with van der Waals surface area (Å²) in [5, 5.41) is 6.25. The lowest BCUT2D eigenvalue weighted by atomic mass is 9.71. The molecule has 5 heteroatoms. The maximum absolute atomic E-state index is 13.0. The van der Waals surface area contributed by atoms with Crippen molar-refractivity contribution in [3.63, 3.8) is 0 Å². The standard InChI is InChI=1S/C23H27N3O2/c27-21(25-23(14-8-15-23)19-10-3-1-4-11-19)18-9-7-16-26(17-18)22(28)24-20-12-5-2-6-13-20/h1-6,10-13,18H,7-9,14-17H2,(H,24,28)(H,25,27). The maximum atomic E-state index is 13.0. The smallest absolute Gasteiger partial charge is 0.321 e. The molecule has 3 amide bonds. The largest absolute Gasteiger partial charge is 0.346 e. The van der Waals surface area contributed by atoms with E-state index in [1.165, 1.54) is 5.56 Å². The van der Waals surface area contributed by atoms with Gasteiger partial charge in [-0.2, -0.15) is 0 Å². The number of piperidine rings is 1. The van der Waals surface area contributed by atoms with Crippen LogP contribution in [-0.2, 0) is 10.3 Å². The third kappa shape index (κ3) is 3.88. The van der Waals surface area contributed by atoms with Gasteiger partial charge in [-0.25, -0.2) is 4.79 Å². The van der Waals surface area contributed by atoms with E-state index >= 15 is 0 Å². The van der Waals surface area contributed by atoms with E-state index in [2.05, 4.69) is 22.8 Å². The van der Waals surface area contributed by atoms with Crippen LogP contribution in [0.15, 0.2) is 60.7 Å². The number of urea groups is 1. The molecule has 28 heavy (non-hydrogen) atoms. The van der Waals surface area contributed by atoms with E-state index in [0.717, 1.165) is 37.8 Å². The van der Waals surface area contributed by atoms with Gasteiger partial charge in [0.15, 0.2) is 0 Å². The number of amides is 3. The lowest BCUT2D eigenvalue weighted by Crippen LogP contribution is -2.55. The number of para-hydroxylation sites is 1. The minimum Gasteiger partial charge on any atom is -0.346 e. The van der Waals surface area contributed by atoms with Crippen LogP contribution in [0.4, 0.5) is 10.5 Å². The molecule has 1 aliphatic carbocycles. The second-order valence-corrected chi connectivity index (χ2v) is 7.87. The van der Waals surface area contributed by atoms with Gasteiger partial charge in [0.05, 0.1) is 11.5 Å². The number of hydrogen-bond donors (Lipinski definition) is 2. The predicted octanol–water partition coefficient (Wildman–Crippen LogP) is 4.13. The first-order valence-electron chi connectivity index (χ1n) is 10.1. The van der Waals surface area contributed by atoms with Crippen molar-refractivity contribution >= 4 is 17.6 Å². The zero-order valence-electron chi connectivity index (χ0n) is 16.1. The summed E-state index contributed by atoms with van der Waals surface area (Å²) in [5.41, 5.74) is 1.73. The highest BCUT2D eigenvalue weighted by Gasteiger charge is 2.41. The van der Waals surface area contributed by atoms with Crippen LogP contribution in [0.3, 0.4) is 0 Å². The molecule has 2 aromatic rings. The fourth-order valence-corrected chi connectivity index (χ4v) is 4.21. The molecule has 1 saturated heterocycles. The minimum absolute atomic E-state index is 0.0702. The molecular weight excluding hydrogens is 350 g/mol. The van der Waals surface area contributed by atoms with E-state index in [4.69, 9.17) is 0 Å². The number of nitrogens with zero attached hydrogens (tertiary/aromatic N) is 1. The van der Waals surface area contributed by atoms with Crippen LogP contribution < -0.4 is 10.6 Å². The second kappa shape index (κ2) is 8.05. The van der Waals surface area contributed by atoms with E-state index in [1.807, 2.05) is 48.5 Å². The zero-order chi connectivity index (χ0) is 19.4. The summed E-state index contributed by atoms with van der Waals surface area (Å²) in [5.74, 6) is -0.0859. The molecule has 0 spiro atoms. The molecule has 0 bridgehead atoms. The third-order valence-corrected chi connectivity index (χ3v) is 6.00. The summed E-state index contributed by atoms with van der Waals surface area (Å²) in [7, 11) is 0. The quantitative estimate of drug-likeness (QED) is 0.842. The molecule has 2 fully saturated rings. The Balaban J connectivity index is 1.39. The number of carbonyl (C=O) groups is 2. The highest BCUT2D eigenvalue weighted by molar-refractivity contribution is 5.90. The van der Waals surface area contributed by atoms with Gasteiger partial charge in [-0.3, -0.25) is 4.79 Å². The third-order valence-electron chi connectivity index (χ3n) is 6.00. The van der Waals surface area contributed by atoms with E-state index in [-0.39, 0.29) is 23.4 Å². The van der Waals surface area contributed by atoms with E-state index in [0.29, 0.717) is 13.1 Å².